The Kier molecular flexibility index (Phi) is 8.86. The molecular weight excluding hydrogens is 577 g/mol. The van der Waals surface area contributed by atoms with Gasteiger partial charge in [0.25, 0.3) is 0 Å². The molecule has 0 aliphatic carbocycles. The second-order valence-electron chi connectivity index (χ2n) is 9.69. The summed E-state index contributed by atoms with van der Waals surface area (Å²) >= 11 is 12.5. The highest BCUT2D eigenvalue weighted by Gasteiger charge is 2.45. The van der Waals surface area contributed by atoms with Crippen molar-refractivity contribution in [1.82, 2.24) is 15.1 Å². The van der Waals surface area contributed by atoms with Crippen molar-refractivity contribution < 1.29 is 19.1 Å². The van der Waals surface area contributed by atoms with Gasteiger partial charge >= 0.3 is 6.03 Å². The number of nitrogens with zero attached hydrogens (tertiary/aromatic N) is 4. The number of piperazine rings is 1. The van der Waals surface area contributed by atoms with Crippen molar-refractivity contribution in [2.24, 2.45) is 4.99 Å². The summed E-state index contributed by atoms with van der Waals surface area (Å²) in [6.07, 6.45) is 0. The molecule has 2 heterocycles. The normalized spacial score (nSPS) is 18.3. The Balaban J connectivity index is 1.75. The molecule has 0 spiro atoms. The number of amidine groups is 1. The summed E-state index contributed by atoms with van der Waals surface area (Å²) in [6, 6.07) is 18.5. The van der Waals surface area contributed by atoms with Crippen molar-refractivity contribution in [3.8, 4) is 17.6 Å². The molecule has 216 valence electrons. The lowest BCUT2D eigenvalue weighted by Crippen LogP contribution is -2.55. The standard InChI is InChI=1S/C31H29Cl2N5O4/c1-3-41-25-16-24(26(42-4-2)15-21(25)17-34)30-36-28(19-5-9-22(32)10-6-19)29(20-7-11-23(33)12-8-20)38(30)31(40)37-14-13-35-27(39)18-37/h5-12,15-16,28-29H,3-4,13-14,18H2,1-2H3,(H,35,39). The summed E-state index contributed by atoms with van der Waals surface area (Å²) in [4.78, 5) is 35.0. The topological polar surface area (TPSA) is 107 Å². The molecule has 42 heavy (non-hydrogen) atoms. The van der Waals surface area contributed by atoms with Gasteiger partial charge in [0.2, 0.25) is 5.91 Å². The Hall–Kier alpha value is -4.26. The van der Waals surface area contributed by atoms with E-state index in [4.69, 9.17) is 37.7 Å². The van der Waals surface area contributed by atoms with E-state index in [2.05, 4.69) is 11.4 Å². The Morgan fingerprint density at radius 1 is 1.00 bits per heavy atom. The number of ether oxygens (including phenoxy) is 2. The van der Waals surface area contributed by atoms with E-state index in [9.17, 15) is 14.9 Å². The summed E-state index contributed by atoms with van der Waals surface area (Å²) in [5, 5.41) is 13.7. The number of halogens is 2. The quantitative estimate of drug-likeness (QED) is 0.368. The number of rotatable bonds is 7. The smallest absolute Gasteiger partial charge is 0.326 e. The first-order valence-electron chi connectivity index (χ1n) is 13.6. The van der Waals surface area contributed by atoms with E-state index in [-0.39, 0.29) is 18.5 Å². The highest BCUT2D eigenvalue weighted by molar-refractivity contribution is 6.30. The number of hydrogen-bond donors (Lipinski definition) is 1. The zero-order chi connectivity index (χ0) is 29.8. The van der Waals surface area contributed by atoms with Gasteiger partial charge in [0.1, 0.15) is 36.0 Å². The second kappa shape index (κ2) is 12.7. The zero-order valence-corrected chi connectivity index (χ0v) is 24.7. The molecule has 11 heteroatoms. The Morgan fingerprint density at radius 2 is 1.62 bits per heavy atom. The first-order valence-corrected chi connectivity index (χ1v) is 14.4. The number of carbonyl (C=O) groups excluding carboxylic acids is 2. The molecule has 2 aliphatic rings. The van der Waals surface area contributed by atoms with Gasteiger partial charge in [-0.2, -0.15) is 5.26 Å². The highest BCUT2D eigenvalue weighted by Crippen LogP contribution is 2.46. The first kappa shape index (κ1) is 29.2. The molecule has 0 aromatic heterocycles. The van der Waals surface area contributed by atoms with Crippen molar-refractivity contribution in [2.75, 3.05) is 32.8 Å². The molecule has 0 radical (unpaired) electrons. The van der Waals surface area contributed by atoms with E-state index in [1.165, 1.54) is 4.90 Å². The minimum atomic E-state index is -0.600. The number of amides is 3. The maximum atomic E-state index is 14.4. The summed E-state index contributed by atoms with van der Waals surface area (Å²) in [6.45, 7) is 4.91. The molecule has 1 fully saturated rings. The van der Waals surface area contributed by atoms with Crippen LogP contribution >= 0.6 is 23.2 Å². The van der Waals surface area contributed by atoms with E-state index in [0.29, 0.717) is 64.8 Å². The molecule has 9 nitrogen and oxygen atoms in total. The SMILES string of the molecule is CCOc1cc(C2=NC(c3ccc(Cl)cc3)C(c3ccc(Cl)cc3)N2C(=O)N2CCNC(=O)C2)c(OCC)cc1C#N. The van der Waals surface area contributed by atoms with Crippen molar-refractivity contribution in [3.63, 3.8) is 0 Å². The minimum Gasteiger partial charge on any atom is -0.493 e. The third kappa shape index (κ3) is 5.87. The molecule has 0 saturated carbocycles. The molecular formula is C31H29Cl2N5O4. The van der Waals surface area contributed by atoms with Crippen LogP contribution in [0.2, 0.25) is 10.0 Å². The first-order chi connectivity index (χ1) is 20.3. The van der Waals surface area contributed by atoms with Crippen molar-refractivity contribution >= 4 is 41.0 Å². The van der Waals surface area contributed by atoms with Gasteiger partial charge in [-0.25, -0.2) is 4.79 Å². The van der Waals surface area contributed by atoms with Crippen LogP contribution < -0.4 is 14.8 Å². The number of nitrogens with one attached hydrogen (secondary N) is 1. The van der Waals surface area contributed by atoms with Gasteiger partial charge in [-0.15, -0.1) is 0 Å². The van der Waals surface area contributed by atoms with Crippen molar-refractivity contribution in [3.05, 3.63) is 93.0 Å². The number of aliphatic imine (C=N–C) groups is 1. The van der Waals surface area contributed by atoms with E-state index in [1.54, 1.807) is 41.3 Å². The molecule has 3 aromatic carbocycles. The fourth-order valence-corrected chi connectivity index (χ4v) is 5.43. The molecule has 2 aliphatic heterocycles. The van der Waals surface area contributed by atoms with E-state index in [1.807, 2.05) is 38.1 Å². The largest absolute Gasteiger partial charge is 0.493 e. The predicted octanol–water partition coefficient (Wildman–Crippen LogP) is 5.76. The van der Waals surface area contributed by atoms with Gasteiger partial charge in [0.05, 0.1) is 30.4 Å². The van der Waals surface area contributed by atoms with E-state index in [0.717, 1.165) is 11.1 Å². The Labute approximate surface area is 254 Å². The number of hydrogen-bond acceptors (Lipinski definition) is 6. The lowest BCUT2D eigenvalue weighted by Gasteiger charge is -2.35. The van der Waals surface area contributed by atoms with Crippen LogP contribution in [0.25, 0.3) is 0 Å². The van der Waals surface area contributed by atoms with Crippen LogP contribution in [-0.2, 0) is 4.79 Å². The van der Waals surface area contributed by atoms with Gasteiger partial charge < -0.3 is 19.7 Å². The molecule has 5 rings (SSSR count). The van der Waals surface area contributed by atoms with E-state index < -0.39 is 12.1 Å². The summed E-state index contributed by atoms with van der Waals surface area (Å²) in [5.41, 5.74) is 2.42. The van der Waals surface area contributed by atoms with Crippen LogP contribution in [0.3, 0.4) is 0 Å². The lowest BCUT2D eigenvalue weighted by atomic mass is 9.93. The third-order valence-corrected chi connectivity index (χ3v) is 7.55. The van der Waals surface area contributed by atoms with Crippen LogP contribution in [0.1, 0.15) is 48.2 Å². The van der Waals surface area contributed by atoms with Crippen LogP contribution in [-0.4, -0.2) is 60.4 Å². The van der Waals surface area contributed by atoms with Crippen molar-refractivity contribution in [1.29, 1.82) is 5.26 Å². The lowest BCUT2D eigenvalue weighted by molar-refractivity contribution is -0.123. The summed E-state index contributed by atoms with van der Waals surface area (Å²) in [7, 11) is 0. The summed E-state index contributed by atoms with van der Waals surface area (Å²) in [5.74, 6) is 0.831. The van der Waals surface area contributed by atoms with Crippen LogP contribution in [0, 0.1) is 11.3 Å². The summed E-state index contributed by atoms with van der Waals surface area (Å²) < 4.78 is 11.8. The number of benzene rings is 3. The average molecular weight is 607 g/mol. The van der Waals surface area contributed by atoms with Crippen LogP contribution in [0.5, 0.6) is 11.5 Å². The monoisotopic (exact) mass is 605 g/mol. The third-order valence-electron chi connectivity index (χ3n) is 7.05. The molecule has 2 atom stereocenters. The Morgan fingerprint density at radius 3 is 2.21 bits per heavy atom. The molecule has 2 unspecified atom stereocenters. The fourth-order valence-electron chi connectivity index (χ4n) is 5.18. The van der Waals surface area contributed by atoms with Crippen LogP contribution in [0.4, 0.5) is 4.79 Å². The number of nitriles is 1. The highest BCUT2D eigenvalue weighted by atomic mass is 35.5. The number of urea groups is 1. The molecule has 3 aromatic rings. The molecule has 0 bridgehead atoms. The van der Waals surface area contributed by atoms with Gasteiger partial charge in [0, 0.05) is 29.2 Å². The maximum absolute atomic E-state index is 14.4. The van der Waals surface area contributed by atoms with Gasteiger partial charge in [-0.3, -0.25) is 14.7 Å². The number of carbonyl (C=O) groups is 2. The predicted molar refractivity (Wildman–Crippen MR) is 160 cm³/mol. The Bertz CT molecular complexity index is 1550. The van der Waals surface area contributed by atoms with Gasteiger partial charge in [0.15, 0.2) is 0 Å². The maximum Gasteiger partial charge on any atom is 0.326 e. The van der Waals surface area contributed by atoms with Crippen molar-refractivity contribution in [2.45, 2.75) is 25.9 Å². The van der Waals surface area contributed by atoms with E-state index >= 15 is 0 Å². The molecule has 3 amide bonds. The minimum absolute atomic E-state index is 0.0859. The van der Waals surface area contributed by atoms with Gasteiger partial charge in [-0.05, 0) is 55.3 Å². The fraction of sp³-hybridized carbons (Fsp3) is 0.290. The second-order valence-corrected chi connectivity index (χ2v) is 10.6. The molecule has 1 saturated heterocycles. The molecule has 1 N–H and O–H groups in total. The average Bonchev–Trinajstić information content (AvgIpc) is 3.38. The zero-order valence-electron chi connectivity index (χ0n) is 23.1. The van der Waals surface area contributed by atoms with Crippen LogP contribution in [0.15, 0.2) is 65.7 Å². The van der Waals surface area contributed by atoms with Gasteiger partial charge in [-0.1, -0.05) is 47.5 Å².